The third-order valence-electron chi connectivity index (χ3n) is 2.24. The molecule has 0 bridgehead atoms. The first-order chi connectivity index (χ1) is 8.81. The Morgan fingerprint density at radius 2 is 2.28 bits per heavy atom. The molecule has 0 atom stereocenters. The van der Waals surface area contributed by atoms with Crippen molar-refractivity contribution in [3.8, 4) is 5.75 Å². The molecule has 5 nitrogen and oxygen atoms in total. The van der Waals surface area contributed by atoms with E-state index in [-0.39, 0.29) is 6.61 Å². The number of benzene rings is 1. The fourth-order valence-electron chi connectivity index (χ4n) is 1.41. The lowest BCUT2D eigenvalue weighted by Crippen LogP contribution is -1.95. The van der Waals surface area contributed by atoms with E-state index in [2.05, 4.69) is 15.5 Å². The highest BCUT2D eigenvalue weighted by atomic mass is 32.1. The maximum Gasteiger partial charge on any atom is 0.205 e. The van der Waals surface area contributed by atoms with Crippen molar-refractivity contribution in [3.05, 3.63) is 34.8 Å². The van der Waals surface area contributed by atoms with Gasteiger partial charge in [-0.1, -0.05) is 23.5 Å². The van der Waals surface area contributed by atoms with Crippen molar-refractivity contribution < 1.29 is 9.84 Å². The Balaban J connectivity index is 1.93. The second-order valence-corrected chi connectivity index (χ2v) is 4.69. The quantitative estimate of drug-likeness (QED) is 0.836. The lowest BCUT2D eigenvalue weighted by atomic mass is 10.2. The van der Waals surface area contributed by atoms with Gasteiger partial charge in [0, 0.05) is 6.54 Å². The number of hydrogen-bond donors (Lipinski definition) is 2. The summed E-state index contributed by atoms with van der Waals surface area (Å²) in [5.74, 6) is 0.724. The first-order valence-corrected chi connectivity index (χ1v) is 6.52. The standard InChI is InChI=1S/C12H15N3O2S/c1-2-13-12-15-14-11(18-12)8-17-10-5-3-4-9(6-10)7-16/h3-6,16H,2,7-8H2,1H3,(H,13,15). The van der Waals surface area contributed by atoms with E-state index < -0.39 is 0 Å². The highest BCUT2D eigenvalue weighted by molar-refractivity contribution is 7.15. The smallest absolute Gasteiger partial charge is 0.205 e. The maximum absolute atomic E-state index is 9.03. The summed E-state index contributed by atoms with van der Waals surface area (Å²) in [5, 5.41) is 21.8. The topological polar surface area (TPSA) is 67.3 Å². The van der Waals surface area contributed by atoms with E-state index in [9.17, 15) is 0 Å². The lowest BCUT2D eigenvalue weighted by Gasteiger charge is -2.04. The van der Waals surface area contributed by atoms with E-state index in [1.165, 1.54) is 11.3 Å². The van der Waals surface area contributed by atoms with E-state index in [1.807, 2.05) is 31.2 Å². The average Bonchev–Trinajstić information content (AvgIpc) is 2.85. The Morgan fingerprint density at radius 1 is 1.39 bits per heavy atom. The Labute approximate surface area is 109 Å². The number of aliphatic hydroxyl groups excluding tert-OH is 1. The van der Waals surface area contributed by atoms with Crippen molar-refractivity contribution in [1.29, 1.82) is 0 Å². The molecule has 0 aliphatic rings. The molecule has 2 aromatic rings. The third-order valence-corrected chi connectivity index (χ3v) is 3.09. The number of aromatic nitrogens is 2. The van der Waals surface area contributed by atoms with Crippen molar-refractivity contribution >= 4 is 16.5 Å². The van der Waals surface area contributed by atoms with Gasteiger partial charge in [0.15, 0.2) is 5.01 Å². The van der Waals surface area contributed by atoms with Gasteiger partial charge >= 0.3 is 0 Å². The van der Waals surface area contributed by atoms with Gasteiger partial charge in [-0.2, -0.15) is 0 Å². The Bertz CT molecular complexity index is 502. The molecule has 1 aromatic carbocycles. The fraction of sp³-hybridized carbons (Fsp3) is 0.333. The molecule has 0 unspecified atom stereocenters. The van der Waals surface area contributed by atoms with Gasteiger partial charge in [-0.05, 0) is 24.6 Å². The molecule has 6 heteroatoms. The van der Waals surface area contributed by atoms with Gasteiger partial charge in [0.05, 0.1) is 6.61 Å². The van der Waals surface area contributed by atoms with Gasteiger partial charge < -0.3 is 15.2 Å². The number of ether oxygens (including phenoxy) is 1. The minimum Gasteiger partial charge on any atom is -0.486 e. The van der Waals surface area contributed by atoms with Crippen LogP contribution in [-0.2, 0) is 13.2 Å². The predicted molar refractivity (Wildman–Crippen MR) is 70.8 cm³/mol. The molecule has 2 N–H and O–H groups in total. The molecule has 0 aliphatic carbocycles. The second-order valence-electron chi connectivity index (χ2n) is 3.63. The van der Waals surface area contributed by atoms with Gasteiger partial charge in [0.1, 0.15) is 12.4 Å². The first-order valence-electron chi connectivity index (χ1n) is 5.70. The molecule has 0 radical (unpaired) electrons. The van der Waals surface area contributed by atoms with Crippen LogP contribution < -0.4 is 10.1 Å². The van der Waals surface area contributed by atoms with E-state index in [4.69, 9.17) is 9.84 Å². The molecule has 0 spiro atoms. The molecule has 96 valence electrons. The number of aliphatic hydroxyl groups is 1. The zero-order valence-corrected chi connectivity index (χ0v) is 10.9. The Hall–Kier alpha value is -1.66. The summed E-state index contributed by atoms with van der Waals surface area (Å²) in [4.78, 5) is 0. The molecule has 2 rings (SSSR count). The minimum absolute atomic E-state index is 0.0145. The monoisotopic (exact) mass is 265 g/mol. The van der Waals surface area contributed by atoms with E-state index >= 15 is 0 Å². The molecule has 1 aromatic heterocycles. The Kier molecular flexibility index (Phi) is 4.49. The van der Waals surface area contributed by atoms with Gasteiger partial charge in [-0.15, -0.1) is 10.2 Å². The van der Waals surface area contributed by atoms with Gasteiger partial charge in [0.25, 0.3) is 0 Å². The molecule has 1 heterocycles. The molecule has 0 aliphatic heterocycles. The summed E-state index contributed by atoms with van der Waals surface area (Å²) >= 11 is 1.48. The van der Waals surface area contributed by atoms with Crippen LogP contribution in [0.3, 0.4) is 0 Å². The predicted octanol–water partition coefficient (Wildman–Crippen LogP) is 2.04. The lowest BCUT2D eigenvalue weighted by molar-refractivity contribution is 0.278. The van der Waals surface area contributed by atoms with E-state index in [0.717, 1.165) is 28.0 Å². The Morgan fingerprint density at radius 3 is 3.06 bits per heavy atom. The molecule has 0 fully saturated rings. The summed E-state index contributed by atoms with van der Waals surface area (Å²) in [7, 11) is 0. The van der Waals surface area contributed by atoms with Crippen LogP contribution in [0.1, 0.15) is 17.5 Å². The molecular weight excluding hydrogens is 250 g/mol. The van der Waals surface area contributed by atoms with Crippen molar-refractivity contribution in [2.24, 2.45) is 0 Å². The summed E-state index contributed by atoms with van der Waals surface area (Å²) in [6.45, 7) is 3.24. The number of rotatable bonds is 6. The van der Waals surface area contributed by atoms with Gasteiger partial charge in [-0.25, -0.2) is 0 Å². The fourth-order valence-corrected chi connectivity index (χ4v) is 2.13. The SMILES string of the molecule is CCNc1nnc(COc2cccc(CO)c2)s1. The van der Waals surface area contributed by atoms with Crippen molar-refractivity contribution in [2.45, 2.75) is 20.1 Å². The maximum atomic E-state index is 9.03. The van der Waals surface area contributed by atoms with Crippen LogP contribution >= 0.6 is 11.3 Å². The van der Waals surface area contributed by atoms with Crippen molar-refractivity contribution in [2.75, 3.05) is 11.9 Å². The van der Waals surface area contributed by atoms with Crippen LogP contribution in [0.5, 0.6) is 5.75 Å². The largest absolute Gasteiger partial charge is 0.486 e. The van der Waals surface area contributed by atoms with Crippen LogP contribution in [-0.4, -0.2) is 21.8 Å². The average molecular weight is 265 g/mol. The van der Waals surface area contributed by atoms with Gasteiger partial charge in [0.2, 0.25) is 5.13 Å². The molecule has 18 heavy (non-hydrogen) atoms. The third kappa shape index (κ3) is 3.41. The minimum atomic E-state index is 0.0145. The number of hydrogen-bond acceptors (Lipinski definition) is 6. The van der Waals surface area contributed by atoms with Gasteiger partial charge in [-0.3, -0.25) is 0 Å². The molecule has 0 amide bonds. The summed E-state index contributed by atoms with van der Waals surface area (Å²) < 4.78 is 5.60. The van der Waals surface area contributed by atoms with Crippen molar-refractivity contribution in [3.63, 3.8) is 0 Å². The summed E-state index contributed by atoms with van der Waals surface area (Å²) in [6.07, 6.45) is 0. The second kappa shape index (κ2) is 6.32. The summed E-state index contributed by atoms with van der Waals surface area (Å²) in [6, 6.07) is 7.36. The number of nitrogens with one attached hydrogen (secondary N) is 1. The zero-order valence-electron chi connectivity index (χ0n) is 10.1. The first kappa shape index (κ1) is 12.8. The summed E-state index contributed by atoms with van der Waals surface area (Å²) in [5.41, 5.74) is 0.832. The highest BCUT2D eigenvalue weighted by Crippen LogP contribution is 2.18. The molecule has 0 saturated carbocycles. The van der Waals surface area contributed by atoms with Crippen LogP contribution in [0.15, 0.2) is 24.3 Å². The van der Waals surface area contributed by atoms with E-state index in [0.29, 0.717) is 6.61 Å². The molecular formula is C12H15N3O2S. The zero-order chi connectivity index (χ0) is 12.8. The molecule has 0 saturated heterocycles. The number of nitrogens with zero attached hydrogens (tertiary/aromatic N) is 2. The van der Waals surface area contributed by atoms with Crippen LogP contribution in [0.4, 0.5) is 5.13 Å². The van der Waals surface area contributed by atoms with Crippen molar-refractivity contribution in [1.82, 2.24) is 10.2 Å². The normalized spacial score (nSPS) is 10.3. The van der Waals surface area contributed by atoms with E-state index in [1.54, 1.807) is 0 Å². The van der Waals surface area contributed by atoms with Crippen LogP contribution in [0.25, 0.3) is 0 Å². The number of anilines is 1. The van der Waals surface area contributed by atoms with Crippen LogP contribution in [0.2, 0.25) is 0 Å². The highest BCUT2D eigenvalue weighted by Gasteiger charge is 2.04. The van der Waals surface area contributed by atoms with Crippen LogP contribution in [0, 0.1) is 0 Å².